The van der Waals surface area contributed by atoms with Gasteiger partial charge in [-0.15, -0.1) is 0 Å². The zero-order chi connectivity index (χ0) is 20.3. The Morgan fingerprint density at radius 3 is 2.50 bits per heavy atom. The molecule has 0 aliphatic carbocycles. The maximum atomic E-state index is 13.8. The van der Waals surface area contributed by atoms with Crippen LogP contribution in [0.1, 0.15) is 15.9 Å². The van der Waals surface area contributed by atoms with E-state index in [0.717, 1.165) is 27.2 Å². The number of pyridine rings is 1. The molecule has 1 heterocycles. The highest BCUT2D eigenvalue weighted by Gasteiger charge is 2.18. The van der Waals surface area contributed by atoms with E-state index >= 15 is 0 Å². The van der Waals surface area contributed by atoms with Crippen molar-refractivity contribution >= 4 is 45.3 Å². The molecule has 0 fully saturated rings. The number of anilines is 1. The quantitative estimate of drug-likeness (QED) is 0.534. The van der Waals surface area contributed by atoms with Crippen molar-refractivity contribution in [3.63, 3.8) is 0 Å². The largest absolute Gasteiger partial charge is 0.327 e. The van der Waals surface area contributed by atoms with Gasteiger partial charge < -0.3 is 0 Å². The molecular weight excluding hydrogens is 449 g/mol. The van der Waals surface area contributed by atoms with Crippen molar-refractivity contribution in [2.45, 2.75) is 6.92 Å². The number of rotatable bonds is 3. The number of urea groups is 1. The molecule has 1 aromatic heterocycles. The monoisotopic (exact) mass is 461 g/mol. The van der Waals surface area contributed by atoms with Gasteiger partial charge >= 0.3 is 6.03 Å². The molecule has 8 heteroatoms. The lowest BCUT2D eigenvalue weighted by molar-refractivity contribution is 0.0963. The van der Waals surface area contributed by atoms with Gasteiger partial charge in [0.25, 0.3) is 5.91 Å². The van der Waals surface area contributed by atoms with Crippen molar-refractivity contribution in [1.29, 1.82) is 0 Å². The van der Waals surface area contributed by atoms with Gasteiger partial charge in [-0.3, -0.25) is 15.4 Å². The van der Waals surface area contributed by atoms with Gasteiger partial charge in [-0.2, -0.15) is 0 Å². The van der Waals surface area contributed by atoms with Gasteiger partial charge in [-0.05, 0) is 48.4 Å². The third-order valence-electron chi connectivity index (χ3n) is 3.92. The Morgan fingerprint density at radius 2 is 1.86 bits per heavy atom. The Hall–Kier alpha value is -2.77. The maximum Gasteiger partial charge on any atom is 0.327 e. The first-order valence-electron chi connectivity index (χ1n) is 8.14. The predicted octanol–water partition coefficient (Wildman–Crippen LogP) is 5.57. The fraction of sp³-hybridized carbons (Fsp3) is 0.0500. The van der Waals surface area contributed by atoms with Crippen LogP contribution >= 0.6 is 27.5 Å². The maximum absolute atomic E-state index is 13.8. The average Bonchev–Trinajstić information content (AvgIpc) is 2.62. The number of amides is 3. The molecule has 0 radical (unpaired) electrons. The van der Waals surface area contributed by atoms with Gasteiger partial charge in [-0.1, -0.05) is 45.7 Å². The van der Waals surface area contributed by atoms with Gasteiger partial charge in [0.15, 0.2) is 0 Å². The van der Waals surface area contributed by atoms with E-state index in [2.05, 4.69) is 26.2 Å². The summed E-state index contributed by atoms with van der Waals surface area (Å²) in [5.41, 5.74) is 2.38. The Kier molecular flexibility index (Phi) is 6.06. The fourth-order valence-corrected chi connectivity index (χ4v) is 3.10. The summed E-state index contributed by atoms with van der Waals surface area (Å²) in [7, 11) is 0. The SMILES string of the molecule is Cc1cc(NC(=O)NC(=O)c2c(F)cccc2Cl)ncc1-c1ccc(Br)cc1. The second-order valence-corrected chi connectivity index (χ2v) is 7.22. The zero-order valence-electron chi connectivity index (χ0n) is 14.6. The number of halogens is 3. The molecule has 0 aliphatic heterocycles. The van der Waals surface area contributed by atoms with E-state index in [9.17, 15) is 14.0 Å². The molecule has 3 amide bonds. The van der Waals surface area contributed by atoms with Crippen LogP contribution in [0.25, 0.3) is 11.1 Å². The summed E-state index contributed by atoms with van der Waals surface area (Å²) in [6, 6.07) is 12.4. The lowest BCUT2D eigenvalue weighted by Gasteiger charge is -2.10. The number of carbonyl (C=O) groups excluding carboxylic acids is 2. The van der Waals surface area contributed by atoms with Crippen molar-refractivity contribution < 1.29 is 14.0 Å². The molecule has 142 valence electrons. The first kappa shape index (κ1) is 20.0. The van der Waals surface area contributed by atoms with Crippen LogP contribution in [-0.4, -0.2) is 16.9 Å². The van der Waals surface area contributed by atoms with Crippen LogP contribution in [0.5, 0.6) is 0 Å². The van der Waals surface area contributed by atoms with Gasteiger partial charge in [0, 0.05) is 16.2 Å². The highest BCUT2D eigenvalue weighted by atomic mass is 79.9. The summed E-state index contributed by atoms with van der Waals surface area (Å²) in [6.45, 7) is 1.88. The van der Waals surface area contributed by atoms with Gasteiger partial charge in [-0.25, -0.2) is 14.2 Å². The Balaban J connectivity index is 1.71. The van der Waals surface area contributed by atoms with Crippen molar-refractivity contribution in [2.75, 3.05) is 5.32 Å². The number of imide groups is 1. The number of aromatic nitrogens is 1. The lowest BCUT2D eigenvalue weighted by Crippen LogP contribution is -2.35. The van der Waals surface area contributed by atoms with Crippen molar-refractivity contribution in [3.05, 3.63) is 81.2 Å². The fourth-order valence-electron chi connectivity index (χ4n) is 2.58. The van der Waals surface area contributed by atoms with Crippen LogP contribution in [0.2, 0.25) is 5.02 Å². The Labute approximate surface area is 174 Å². The number of aryl methyl sites for hydroxylation is 1. The summed E-state index contributed by atoms with van der Waals surface area (Å²) in [5.74, 6) is -1.50. The lowest BCUT2D eigenvalue weighted by atomic mass is 10.0. The number of hydrogen-bond donors (Lipinski definition) is 2. The van der Waals surface area contributed by atoms with E-state index < -0.39 is 23.3 Å². The molecule has 0 atom stereocenters. The molecule has 3 rings (SSSR count). The second kappa shape index (κ2) is 8.50. The highest BCUT2D eigenvalue weighted by molar-refractivity contribution is 9.10. The molecule has 0 saturated heterocycles. The van der Waals surface area contributed by atoms with Crippen LogP contribution in [0, 0.1) is 12.7 Å². The first-order chi connectivity index (χ1) is 13.3. The predicted molar refractivity (Wildman–Crippen MR) is 110 cm³/mol. The first-order valence-corrected chi connectivity index (χ1v) is 9.31. The minimum Gasteiger partial charge on any atom is -0.292 e. The van der Waals surface area contributed by atoms with Crippen molar-refractivity contribution in [1.82, 2.24) is 10.3 Å². The molecule has 3 aromatic rings. The van der Waals surface area contributed by atoms with E-state index in [1.165, 1.54) is 12.1 Å². The average molecular weight is 463 g/mol. The molecule has 0 spiro atoms. The Morgan fingerprint density at radius 1 is 1.14 bits per heavy atom. The summed E-state index contributed by atoms with van der Waals surface area (Å²) in [4.78, 5) is 28.4. The smallest absolute Gasteiger partial charge is 0.292 e. The van der Waals surface area contributed by atoms with Gasteiger partial charge in [0.05, 0.1) is 10.6 Å². The van der Waals surface area contributed by atoms with E-state index in [-0.39, 0.29) is 10.8 Å². The second-order valence-electron chi connectivity index (χ2n) is 5.90. The molecule has 0 aliphatic rings. The molecule has 2 aromatic carbocycles. The summed E-state index contributed by atoms with van der Waals surface area (Å²) in [6.07, 6.45) is 1.63. The summed E-state index contributed by atoms with van der Waals surface area (Å²) >= 11 is 9.22. The molecule has 0 bridgehead atoms. The van der Waals surface area contributed by atoms with E-state index in [1.54, 1.807) is 12.3 Å². The van der Waals surface area contributed by atoms with Crippen LogP contribution in [0.4, 0.5) is 15.0 Å². The van der Waals surface area contributed by atoms with Crippen LogP contribution in [-0.2, 0) is 0 Å². The molecule has 0 unspecified atom stereocenters. The normalized spacial score (nSPS) is 10.4. The molecule has 2 N–H and O–H groups in total. The third kappa shape index (κ3) is 4.55. The number of nitrogens with zero attached hydrogens (tertiary/aromatic N) is 1. The van der Waals surface area contributed by atoms with Gasteiger partial charge in [0.2, 0.25) is 0 Å². The van der Waals surface area contributed by atoms with E-state index in [1.807, 2.05) is 36.5 Å². The number of benzene rings is 2. The van der Waals surface area contributed by atoms with E-state index in [4.69, 9.17) is 11.6 Å². The molecule has 0 saturated carbocycles. The Bertz CT molecular complexity index is 1040. The molecular formula is C20H14BrClFN3O2. The number of carbonyl (C=O) groups is 2. The van der Waals surface area contributed by atoms with Crippen molar-refractivity contribution in [2.24, 2.45) is 0 Å². The van der Waals surface area contributed by atoms with Crippen LogP contribution < -0.4 is 10.6 Å². The van der Waals surface area contributed by atoms with Crippen LogP contribution in [0.15, 0.2) is 59.2 Å². The standard InChI is InChI=1S/C20H14BrClFN3O2/c1-11-9-17(24-10-14(11)12-5-7-13(21)8-6-12)25-20(28)26-19(27)18-15(22)3-2-4-16(18)23/h2-10H,1H3,(H2,24,25,26,27,28). The minimum absolute atomic E-state index is 0.0851. The summed E-state index contributed by atoms with van der Waals surface area (Å²) in [5, 5.41) is 4.41. The zero-order valence-corrected chi connectivity index (χ0v) is 16.9. The van der Waals surface area contributed by atoms with Crippen molar-refractivity contribution in [3.8, 4) is 11.1 Å². The highest BCUT2D eigenvalue weighted by Crippen LogP contribution is 2.25. The topological polar surface area (TPSA) is 71.1 Å². The number of nitrogens with one attached hydrogen (secondary N) is 2. The van der Waals surface area contributed by atoms with Gasteiger partial charge in [0.1, 0.15) is 11.6 Å². The minimum atomic E-state index is -0.941. The third-order valence-corrected chi connectivity index (χ3v) is 4.77. The van der Waals surface area contributed by atoms with E-state index in [0.29, 0.717) is 0 Å². The molecule has 28 heavy (non-hydrogen) atoms. The van der Waals surface area contributed by atoms with Crippen LogP contribution in [0.3, 0.4) is 0 Å². The molecule has 5 nitrogen and oxygen atoms in total. The summed E-state index contributed by atoms with van der Waals surface area (Å²) < 4.78 is 14.7. The number of hydrogen-bond acceptors (Lipinski definition) is 3.